The van der Waals surface area contributed by atoms with Gasteiger partial charge in [0.05, 0.1) is 5.56 Å². The standard InChI is InChI=1S/C13H18N2O2/c1-10-3-4-11(13(16)17)9-12(10)15-7-5-14(2)6-8-15/h3-4,9H,5-8H2,1-2H3,(H,16,17). The molecule has 0 aromatic heterocycles. The molecule has 17 heavy (non-hydrogen) atoms. The molecule has 4 nitrogen and oxygen atoms in total. The molecule has 0 unspecified atom stereocenters. The van der Waals surface area contributed by atoms with E-state index in [-0.39, 0.29) is 0 Å². The second-order valence-electron chi connectivity index (χ2n) is 4.60. The smallest absolute Gasteiger partial charge is 0.335 e. The van der Waals surface area contributed by atoms with Crippen LogP contribution in [0.5, 0.6) is 0 Å². The van der Waals surface area contributed by atoms with E-state index in [1.165, 1.54) is 0 Å². The Morgan fingerprint density at radius 1 is 1.24 bits per heavy atom. The first-order valence-corrected chi connectivity index (χ1v) is 5.85. The molecule has 0 bridgehead atoms. The maximum atomic E-state index is 11.0. The maximum Gasteiger partial charge on any atom is 0.335 e. The lowest BCUT2D eigenvalue weighted by Gasteiger charge is -2.35. The normalized spacial score (nSPS) is 17.2. The van der Waals surface area contributed by atoms with Crippen molar-refractivity contribution in [1.29, 1.82) is 0 Å². The van der Waals surface area contributed by atoms with Gasteiger partial charge in [-0.1, -0.05) is 6.07 Å². The minimum Gasteiger partial charge on any atom is -0.478 e. The molecule has 0 saturated carbocycles. The van der Waals surface area contributed by atoms with Crippen molar-refractivity contribution in [3.63, 3.8) is 0 Å². The predicted octanol–water partition coefficient (Wildman–Crippen LogP) is 1.45. The second-order valence-corrected chi connectivity index (χ2v) is 4.60. The van der Waals surface area contributed by atoms with Crippen LogP contribution in [0.2, 0.25) is 0 Å². The van der Waals surface area contributed by atoms with E-state index in [0.29, 0.717) is 5.56 Å². The van der Waals surface area contributed by atoms with Crippen LogP contribution < -0.4 is 4.90 Å². The lowest BCUT2D eigenvalue weighted by molar-refractivity contribution is 0.0697. The van der Waals surface area contributed by atoms with Crippen LogP contribution in [0, 0.1) is 6.92 Å². The second kappa shape index (κ2) is 4.75. The van der Waals surface area contributed by atoms with E-state index < -0.39 is 5.97 Å². The number of aryl methyl sites for hydroxylation is 1. The van der Waals surface area contributed by atoms with Crippen LogP contribution in [-0.2, 0) is 0 Å². The van der Waals surface area contributed by atoms with Crippen molar-refractivity contribution < 1.29 is 9.90 Å². The maximum absolute atomic E-state index is 11.0. The lowest BCUT2D eigenvalue weighted by Crippen LogP contribution is -2.44. The van der Waals surface area contributed by atoms with Crippen LogP contribution in [0.3, 0.4) is 0 Å². The number of nitrogens with zero attached hydrogens (tertiary/aromatic N) is 2. The molecule has 2 rings (SSSR count). The van der Waals surface area contributed by atoms with Gasteiger partial charge < -0.3 is 14.9 Å². The average molecular weight is 234 g/mol. The van der Waals surface area contributed by atoms with Crippen LogP contribution in [0.25, 0.3) is 0 Å². The predicted molar refractivity (Wildman–Crippen MR) is 67.8 cm³/mol. The van der Waals surface area contributed by atoms with Crippen molar-refractivity contribution in [2.24, 2.45) is 0 Å². The first-order valence-electron chi connectivity index (χ1n) is 5.85. The summed E-state index contributed by atoms with van der Waals surface area (Å²) in [6.07, 6.45) is 0. The molecule has 92 valence electrons. The minimum atomic E-state index is -0.861. The van der Waals surface area contributed by atoms with Gasteiger partial charge in [0.25, 0.3) is 0 Å². The SMILES string of the molecule is Cc1ccc(C(=O)O)cc1N1CCN(C)CC1. The van der Waals surface area contributed by atoms with Crippen LogP contribution >= 0.6 is 0 Å². The van der Waals surface area contributed by atoms with E-state index in [2.05, 4.69) is 16.8 Å². The molecule has 1 aromatic rings. The number of hydrogen-bond donors (Lipinski definition) is 1. The summed E-state index contributed by atoms with van der Waals surface area (Å²) in [6.45, 7) is 5.99. The topological polar surface area (TPSA) is 43.8 Å². The number of aromatic carboxylic acids is 1. The Kier molecular flexibility index (Phi) is 3.33. The number of benzene rings is 1. The Hall–Kier alpha value is -1.55. The van der Waals surface area contributed by atoms with E-state index in [0.717, 1.165) is 37.4 Å². The highest BCUT2D eigenvalue weighted by Crippen LogP contribution is 2.22. The summed E-state index contributed by atoms with van der Waals surface area (Å²) in [5.74, 6) is -0.861. The number of likely N-dealkylation sites (N-methyl/N-ethyl adjacent to an activating group) is 1. The molecule has 1 fully saturated rings. The van der Waals surface area contributed by atoms with Gasteiger partial charge in [0, 0.05) is 31.9 Å². The summed E-state index contributed by atoms with van der Waals surface area (Å²) in [4.78, 5) is 15.5. The zero-order chi connectivity index (χ0) is 12.4. The van der Waals surface area contributed by atoms with E-state index in [9.17, 15) is 4.79 Å². The van der Waals surface area contributed by atoms with E-state index in [4.69, 9.17) is 5.11 Å². The zero-order valence-corrected chi connectivity index (χ0v) is 10.3. The molecule has 1 aromatic carbocycles. The third-order valence-electron chi connectivity index (χ3n) is 3.30. The number of hydrogen-bond acceptors (Lipinski definition) is 3. The van der Waals surface area contributed by atoms with Gasteiger partial charge in [-0.05, 0) is 31.7 Å². The van der Waals surface area contributed by atoms with Crippen molar-refractivity contribution in [1.82, 2.24) is 4.90 Å². The van der Waals surface area contributed by atoms with Crippen LogP contribution in [0.4, 0.5) is 5.69 Å². The van der Waals surface area contributed by atoms with E-state index >= 15 is 0 Å². The highest BCUT2D eigenvalue weighted by Gasteiger charge is 2.17. The van der Waals surface area contributed by atoms with E-state index in [1.54, 1.807) is 12.1 Å². The quantitative estimate of drug-likeness (QED) is 0.841. The fraction of sp³-hybridized carbons (Fsp3) is 0.462. The third kappa shape index (κ3) is 2.58. The summed E-state index contributed by atoms with van der Waals surface area (Å²) in [5.41, 5.74) is 2.56. The van der Waals surface area contributed by atoms with Crippen molar-refractivity contribution in [3.8, 4) is 0 Å². The molecule has 1 aliphatic rings. The number of piperazine rings is 1. The highest BCUT2D eigenvalue weighted by molar-refractivity contribution is 5.89. The van der Waals surface area contributed by atoms with Crippen LogP contribution in [0.15, 0.2) is 18.2 Å². The van der Waals surface area contributed by atoms with Crippen molar-refractivity contribution in [2.75, 3.05) is 38.1 Å². The molecule has 0 aliphatic carbocycles. The highest BCUT2D eigenvalue weighted by atomic mass is 16.4. The molecular formula is C13H18N2O2. The Balaban J connectivity index is 2.25. The molecule has 0 amide bonds. The summed E-state index contributed by atoms with van der Waals surface area (Å²) in [5, 5.41) is 9.01. The number of carbonyl (C=O) groups is 1. The largest absolute Gasteiger partial charge is 0.478 e. The van der Waals surface area contributed by atoms with Gasteiger partial charge in [-0.2, -0.15) is 0 Å². The van der Waals surface area contributed by atoms with Crippen molar-refractivity contribution >= 4 is 11.7 Å². The Bertz CT molecular complexity index is 423. The molecular weight excluding hydrogens is 216 g/mol. The summed E-state index contributed by atoms with van der Waals surface area (Å²) >= 11 is 0. The number of carboxylic acid groups (broad SMARTS) is 1. The van der Waals surface area contributed by atoms with Crippen molar-refractivity contribution in [3.05, 3.63) is 29.3 Å². The average Bonchev–Trinajstić information content (AvgIpc) is 2.31. The fourth-order valence-corrected chi connectivity index (χ4v) is 2.13. The fourth-order valence-electron chi connectivity index (χ4n) is 2.13. The monoisotopic (exact) mass is 234 g/mol. The first-order chi connectivity index (χ1) is 8.08. The van der Waals surface area contributed by atoms with Gasteiger partial charge in [0.1, 0.15) is 0 Å². The van der Waals surface area contributed by atoms with Crippen LogP contribution in [-0.4, -0.2) is 49.2 Å². The third-order valence-corrected chi connectivity index (χ3v) is 3.30. The molecule has 4 heteroatoms. The first kappa shape index (κ1) is 11.9. The Labute approximate surface area is 101 Å². The zero-order valence-electron chi connectivity index (χ0n) is 10.3. The number of anilines is 1. The molecule has 1 N–H and O–H groups in total. The molecule has 0 radical (unpaired) electrons. The lowest BCUT2D eigenvalue weighted by atomic mass is 10.1. The summed E-state index contributed by atoms with van der Waals surface area (Å²) in [6, 6.07) is 5.33. The van der Waals surface area contributed by atoms with Gasteiger partial charge in [-0.25, -0.2) is 4.79 Å². The summed E-state index contributed by atoms with van der Waals surface area (Å²) in [7, 11) is 2.11. The Morgan fingerprint density at radius 2 is 1.88 bits per heavy atom. The minimum absolute atomic E-state index is 0.365. The molecule has 1 aliphatic heterocycles. The van der Waals surface area contributed by atoms with Crippen LogP contribution in [0.1, 0.15) is 15.9 Å². The van der Waals surface area contributed by atoms with Gasteiger partial charge in [-0.15, -0.1) is 0 Å². The molecule has 1 saturated heterocycles. The molecule has 0 atom stereocenters. The van der Waals surface area contributed by atoms with E-state index in [1.807, 2.05) is 13.0 Å². The molecule has 0 spiro atoms. The Morgan fingerprint density at radius 3 is 2.47 bits per heavy atom. The number of rotatable bonds is 2. The summed E-state index contributed by atoms with van der Waals surface area (Å²) < 4.78 is 0. The number of carboxylic acids is 1. The molecule has 1 heterocycles. The van der Waals surface area contributed by atoms with Gasteiger partial charge >= 0.3 is 5.97 Å². The van der Waals surface area contributed by atoms with Crippen molar-refractivity contribution in [2.45, 2.75) is 6.92 Å². The van der Waals surface area contributed by atoms with Gasteiger partial charge in [0.2, 0.25) is 0 Å². The van der Waals surface area contributed by atoms with Gasteiger partial charge in [0.15, 0.2) is 0 Å². The van der Waals surface area contributed by atoms with Gasteiger partial charge in [-0.3, -0.25) is 0 Å².